The van der Waals surface area contributed by atoms with Gasteiger partial charge in [0.15, 0.2) is 0 Å². The Morgan fingerprint density at radius 2 is 0.907 bits per heavy atom. The number of carbonyl (C=O) groups is 11. The summed E-state index contributed by atoms with van der Waals surface area (Å²) in [7, 11) is 10.1. The van der Waals surface area contributed by atoms with E-state index in [2.05, 4.69) is 26.2 Å². The number of nitrogens with one attached hydrogen (secondary N) is 4. The number of likely N-dealkylation sites (N-methyl/N-ethyl adjacent to an activating group) is 7. The molecule has 2 aliphatic rings. The number of amides is 11. The minimum Gasteiger partial charge on any atom is -0.390 e. The second-order valence-corrected chi connectivity index (χ2v) is 32.0. The SMILES string of the molecule is C/C=C/C[C@@H](C)[C@@H](O)[C@H]1C(=O)N[C@@H](CC)C(=O)N(C)[C@H](CSC(C)(C)CN2CCOCC2)C(=O)N(C)[C@@H](CC(C)C)C(=O)N[C@@H](C(C)C)C(=O)N(C)[C@@H](CC(C)C)C(=O)N[C@@H](C)C(=O)N[C@H](C)C(=O)N(C)[C@@H](CC(C)C)C(=O)N(C)[C@@H](CC(C)C)C(=O)N(C)[C@@H](C(C)C)C(=O)N1C. The Kier molecular flexibility index (Phi) is 35.8. The van der Waals surface area contributed by atoms with Gasteiger partial charge in [0.25, 0.3) is 0 Å². The first-order chi connectivity index (χ1) is 44.9. The van der Waals surface area contributed by atoms with Crippen LogP contribution in [0.1, 0.15) is 170 Å². The molecule has 0 radical (unpaired) electrons. The third-order valence-electron chi connectivity index (χ3n) is 18.7. The number of thioether (sulfide) groups is 1. The van der Waals surface area contributed by atoms with E-state index in [1.807, 2.05) is 82.2 Å². The molecule has 26 heteroatoms. The summed E-state index contributed by atoms with van der Waals surface area (Å²) >= 11 is 1.46. The Labute approximate surface area is 586 Å². The molecular formula is C71H128N12O13S. The van der Waals surface area contributed by atoms with Crippen LogP contribution in [0, 0.1) is 41.4 Å². The second kappa shape index (κ2) is 39.8. The van der Waals surface area contributed by atoms with Crippen molar-refractivity contribution < 1.29 is 62.6 Å². The Bertz CT molecular complexity index is 2670. The zero-order valence-corrected chi connectivity index (χ0v) is 64.8. The minimum atomic E-state index is -1.64. The number of rotatable bonds is 20. The first-order valence-corrected chi connectivity index (χ1v) is 36.2. The van der Waals surface area contributed by atoms with Gasteiger partial charge in [-0.2, -0.15) is 11.8 Å². The second-order valence-electron chi connectivity index (χ2n) is 30.3. The van der Waals surface area contributed by atoms with E-state index in [1.165, 1.54) is 104 Å². The molecule has 0 bridgehead atoms. The quantitative estimate of drug-likeness (QED) is 0.105. The lowest BCUT2D eigenvalue weighted by Gasteiger charge is -2.42. The van der Waals surface area contributed by atoms with Gasteiger partial charge in [0, 0.05) is 79.5 Å². The average Bonchev–Trinajstić information content (AvgIpc) is 0.810. The largest absolute Gasteiger partial charge is 0.390 e. The number of aliphatic hydroxyl groups excluding tert-OH is 1. The molecule has 0 unspecified atom stereocenters. The highest BCUT2D eigenvalue weighted by molar-refractivity contribution is 8.00. The van der Waals surface area contributed by atoms with Crippen LogP contribution in [0.25, 0.3) is 0 Å². The van der Waals surface area contributed by atoms with Gasteiger partial charge in [-0.1, -0.05) is 109 Å². The van der Waals surface area contributed by atoms with E-state index in [0.717, 1.165) is 4.90 Å². The molecule has 5 N–H and O–H groups in total. The monoisotopic (exact) mass is 1390 g/mol. The fourth-order valence-corrected chi connectivity index (χ4v) is 13.9. The number of hydrogen-bond acceptors (Lipinski definition) is 15. The van der Waals surface area contributed by atoms with Crippen molar-refractivity contribution in [2.24, 2.45) is 41.4 Å². The summed E-state index contributed by atoms with van der Waals surface area (Å²) in [4.78, 5) is 176. The van der Waals surface area contributed by atoms with Crippen LogP contribution < -0.4 is 21.3 Å². The van der Waals surface area contributed by atoms with Crippen molar-refractivity contribution in [2.75, 3.05) is 87.9 Å². The molecule has 0 aromatic carbocycles. The molecule has 25 nitrogen and oxygen atoms in total. The Hall–Kier alpha value is -5.86. The summed E-state index contributed by atoms with van der Waals surface area (Å²) in [5.41, 5.74) is 0. The van der Waals surface area contributed by atoms with Crippen molar-refractivity contribution in [1.82, 2.24) is 60.5 Å². The van der Waals surface area contributed by atoms with Crippen LogP contribution in [0.4, 0.5) is 0 Å². The van der Waals surface area contributed by atoms with Crippen LogP contribution >= 0.6 is 11.8 Å². The van der Waals surface area contributed by atoms with Crippen molar-refractivity contribution >= 4 is 76.7 Å². The van der Waals surface area contributed by atoms with Gasteiger partial charge < -0.3 is 65.4 Å². The van der Waals surface area contributed by atoms with Crippen molar-refractivity contribution in [3.8, 4) is 0 Å². The van der Waals surface area contributed by atoms with Gasteiger partial charge in [0.2, 0.25) is 65.0 Å². The Morgan fingerprint density at radius 3 is 1.37 bits per heavy atom. The highest BCUT2D eigenvalue weighted by Gasteiger charge is 2.47. The van der Waals surface area contributed by atoms with Gasteiger partial charge in [0.1, 0.15) is 66.5 Å². The molecule has 2 fully saturated rings. The number of ether oxygens (including phenoxy) is 1. The molecule has 11 amide bonds. The van der Waals surface area contributed by atoms with Gasteiger partial charge in [-0.15, -0.1) is 0 Å². The number of morpholine rings is 1. The summed E-state index contributed by atoms with van der Waals surface area (Å²) in [5, 5.41) is 23.6. The number of nitrogens with zero attached hydrogens (tertiary/aromatic N) is 8. The summed E-state index contributed by atoms with van der Waals surface area (Å²) in [6.07, 6.45) is 2.95. The lowest BCUT2D eigenvalue weighted by molar-refractivity contribution is -0.157. The fourth-order valence-electron chi connectivity index (χ4n) is 12.6. The predicted octanol–water partition coefficient (Wildman–Crippen LogP) is 4.48. The smallest absolute Gasteiger partial charge is 0.246 e. The van der Waals surface area contributed by atoms with Gasteiger partial charge in [-0.25, -0.2) is 0 Å². The third-order valence-corrected chi connectivity index (χ3v) is 20.1. The molecular weight excluding hydrogens is 1260 g/mol. The van der Waals surface area contributed by atoms with Crippen LogP contribution in [0.5, 0.6) is 0 Å². The zero-order valence-electron chi connectivity index (χ0n) is 63.9. The maximum absolute atomic E-state index is 15.6. The maximum atomic E-state index is 15.6. The molecule has 97 heavy (non-hydrogen) atoms. The van der Waals surface area contributed by atoms with E-state index in [9.17, 15) is 24.3 Å². The van der Waals surface area contributed by atoms with E-state index in [0.29, 0.717) is 39.3 Å². The number of allylic oxidation sites excluding steroid dienone is 2. The van der Waals surface area contributed by atoms with Gasteiger partial charge in [-0.3, -0.25) is 57.6 Å². The van der Waals surface area contributed by atoms with Crippen molar-refractivity contribution in [3.05, 3.63) is 12.2 Å². The molecule has 556 valence electrons. The van der Waals surface area contributed by atoms with Gasteiger partial charge >= 0.3 is 0 Å². The predicted molar refractivity (Wildman–Crippen MR) is 381 cm³/mol. The van der Waals surface area contributed by atoms with Gasteiger partial charge in [0.05, 0.1) is 19.3 Å². The van der Waals surface area contributed by atoms with Crippen LogP contribution in [-0.4, -0.2) is 275 Å². The van der Waals surface area contributed by atoms with E-state index in [-0.39, 0.29) is 61.5 Å². The van der Waals surface area contributed by atoms with Crippen molar-refractivity contribution in [3.63, 3.8) is 0 Å². The Balaban J connectivity index is 3.14. The summed E-state index contributed by atoms with van der Waals surface area (Å²) in [6, 6.07) is -13.9. The Morgan fingerprint density at radius 1 is 0.495 bits per heavy atom. The van der Waals surface area contributed by atoms with E-state index >= 15 is 33.6 Å². The molecule has 2 rings (SSSR count). The number of carbonyl (C=O) groups excluding carboxylic acids is 11. The zero-order chi connectivity index (χ0) is 74.6. The van der Waals surface area contributed by atoms with E-state index in [4.69, 9.17) is 4.74 Å². The van der Waals surface area contributed by atoms with E-state index < -0.39 is 160 Å². The van der Waals surface area contributed by atoms with E-state index in [1.54, 1.807) is 47.6 Å². The summed E-state index contributed by atoms with van der Waals surface area (Å²) in [5.74, 6) is -9.80. The fraction of sp³-hybridized carbons (Fsp3) is 0.817. The van der Waals surface area contributed by atoms with Crippen molar-refractivity contribution in [1.29, 1.82) is 0 Å². The molecule has 0 aromatic heterocycles. The molecule has 2 saturated heterocycles. The molecule has 2 aliphatic heterocycles. The maximum Gasteiger partial charge on any atom is 0.246 e. The molecule has 0 saturated carbocycles. The summed E-state index contributed by atoms with van der Waals surface area (Å²) < 4.78 is 5.14. The molecule has 13 atom stereocenters. The normalized spacial score (nSPS) is 27.2. The lowest BCUT2D eigenvalue weighted by Crippen LogP contribution is -2.64. The topological polar surface area (TPSA) is 291 Å². The minimum absolute atomic E-state index is 0.00254. The summed E-state index contributed by atoms with van der Waals surface area (Å²) in [6.45, 7) is 37.4. The lowest BCUT2D eigenvalue weighted by atomic mass is 9.91. The molecule has 2 heterocycles. The first-order valence-electron chi connectivity index (χ1n) is 35.2. The first kappa shape index (κ1) is 87.2. The van der Waals surface area contributed by atoms with Crippen LogP contribution in [0.3, 0.4) is 0 Å². The molecule has 0 aromatic rings. The van der Waals surface area contributed by atoms with Gasteiger partial charge in [-0.05, 0) is 115 Å². The number of hydrogen-bond donors (Lipinski definition) is 5. The highest BCUT2D eigenvalue weighted by Crippen LogP contribution is 2.30. The van der Waals surface area contributed by atoms with Crippen LogP contribution in [0.15, 0.2) is 12.2 Å². The third kappa shape index (κ3) is 25.1. The standard InChI is InChI=1S/C71H128N12O13S/c1-27-29-30-47(15)59(84)58-63(88)74-50(28-2)65(90)80(24)55(39-97-71(18,19)40-83-31-33-96-34-32-83)68(93)76(20)52(36-42(5)6)62(87)75-56(45(11)12)69(94)77(21)51(35-41(3)4)61(86)72-48(16)60(85)73-49(17)64(89)78(22)53(37-43(7)8)66(91)79(23)54(38-44(9)10)67(92)81(25)57(46(13)14)70(95)82(58)26/h27,29,41-59,84H,28,30-40H2,1-26H3,(H,72,86)(H,73,85)(H,74,88)(H,75,87)/b29-27+/t47-,48+,49-,50+,51+,52+,53+,54+,55-,56+,57+,58+,59-/m1/s1. The average molecular weight is 1390 g/mol. The molecule has 0 spiro atoms. The van der Waals surface area contributed by atoms with Crippen molar-refractivity contribution in [2.45, 2.75) is 247 Å². The van der Waals surface area contributed by atoms with Crippen LogP contribution in [-0.2, 0) is 57.5 Å². The highest BCUT2D eigenvalue weighted by atomic mass is 32.2. The molecule has 0 aliphatic carbocycles. The number of aliphatic hydroxyl groups is 1. The van der Waals surface area contributed by atoms with Crippen LogP contribution in [0.2, 0.25) is 0 Å².